The van der Waals surface area contributed by atoms with Crippen molar-refractivity contribution in [1.29, 1.82) is 0 Å². The fraction of sp³-hybridized carbons (Fsp3) is 0.273. The highest BCUT2D eigenvalue weighted by atomic mass is 19.4. The monoisotopic (exact) mass is 214 g/mol. The van der Waals surface area contributed by atoms with Crippen LogP contribution in [0.5, 0.6) is 0 Å². The Kier molecular flexibility index (Phi) is 3.38. The van der Waals surface area contributed by atoms with Crippen LogP contribution in [0.2, 0.25) is 0 Å². The summed E-state index contributed by atoms with van der Waals surface area (Å²) >= 11 is 0. The lowest BCUT2D eigenvalue weighted by atomic mass is 10.0. The van der Waals surface area contributed by atoms with Crippen LogP contribution in [0, 0.1) is 12.3 Å². The van der Waals surface area contributed by atoms with Crippen molar-refractivity contribution in [3.05, 3.63) is 35.4 Å². The van der Waals surface area contributed by atoms with Gasteiger partial charge in [0.2, 0.25) is 0 Å². The Morgan fingerprint density at radius 2 is 1.80 bits per heavy atom. The molecule has 1 atom stereocenters. The molecule has 0 amide bonds. The van der Waals surface area contributed by atoms with E-state index in [1.54, 1.807) is 0 Å². The van der Waals surface area contributed by atoms with Gasteiger partial charge in [0.25, 0.3) is 0 Å². The van der Waals surface area contributed by atoms with Crippen LogP contribution in [0.3, 0.4) is 0 Å². The highest BCUT2D eigenvalue weighted by molar-refractivity contribution is 5.26. The summed E-state index contributed by atoms with van der Waals surface area (Å²) < 4.78 is 36.5. The highest BCUT2D eigenvalue weighted by Gasteiger charge is 2.30. The Morgan fingerprint density at radius 1 is 1.27 bits per heavy atom. The fourth-order valence-corrected chi connectivity index (χ4v) is 1.12. The molecule has 0 heterocycles. The third-order valence-corrected chi connectivity index (χ3v) is 1.93. The van der Waals surface area contributed by atoms with Gasteiger partial charge in [0.15, 0.2) is 0 Å². The maximum atomic E-state index is 12.2. The lowest BCUT2D eigenvalue weighted by Gasteiger charge is -2.10. The van der Waals surface area contributed by atoms with Crippen molar-refractivity contribution in [3.8, 4) is 12.3 Å². The summed E-state index contributed by atoms with van der Waals surface area (Å²) in [6, 6.07) is 4.31. The van der Waals surface area contributed by atoms with E-state index in [0.717, 1.165) is 12.1 Å². The van der Waals surface area contributed by atoms with Crippen molar-refractivity contribution in [2.45, 2.75) is 18.7 Å². The van der Waals surface area contributed by atoms with Crippen LogP contribution >= 0.6 is 0 Å². The Morgan fingerprint density at radius 3 is 2.20 bits per heavy atom. The average molecular weight is 214 g/mol. The number of alkyl halides is 3. The summed E-state index contributed by atoms with van der Waals surface area (Å²) in [5.41, 5.74) is -0.347. The van der Waals surface area contributed by atoms with Gasteiger partial charge in [-0.25, -0.2) is 0 Å². The first kappa shape index (κ1) is 11.6. The van der Waals surface area contributed by atoms with Crippen molar-refractivity contribution in [2.24, 2.45) is 0 Å². The molecular formula is C11H9F3O. The predicted octanol–water partition coefficient (Wildman–Crippen LogP) is 2.76. The van der Waals surface area contributed by atoms with E-state index in [1.165, 1.54) is 12.1 Å². The molecule has 0 aliphatic carbocycles. The number of hydrogen-bond acceptors (Lipinski definition) is 1. The second-order valence-corrected chi connectivity index (χ2v) is 3.04. The second kappa shape index (κ2) is 4.37. The topological polar surface area (TPSA) is 20.2 Å². The van der Waals surface area contributed by atoms with Crippen LogP contribution < -0.4 is 0 Å². The van der Waals surface area contributed by atoms with Crippen LogP contribution in [0.1, 0.15) is 23.7 Å². The van der Waals surface area contributed by atoms with Crippen molar-refractivity contribution in [3.63, 3.8) is 0 Å². The zero-order valence-corrected chi connectivity index (χ0v) is 7.75. The molecule has 1 nitrogen and oxygen atoms in total. The van der Waals surface area contributed by atoms with Crippen molar-refractivity contribution in [2.75, 3.05) is 0 Å². The van der Waals surface area contributed by atoms with Gasteiger partial charge < -0.3 is 5.11 Å². The van der Waals surface area contributed by atoms with Crippen LogP contribution in [-0.4, -0.2) is 5.11 Å². The van der Waals surface area contributed by atoms with E-state index in [0.29, 0.717) is 5.56 Å². The fourth-order valence-electron chi connectivity index (χ4n) is 1.12. The Bertz CT molecular complexity index is 359. The molecule has 0 spiro atoms. The lowest BCUT2D eigenvalue weighted by Crippen LogP contribution is -2.05. The third kappa shape index (κ3) is 3.00. The normalized spacial score (nSPS) is 13.3. The van der Waals surface area contributed by atoms with Gasteiger partial charge in [-0.1, -0.05) is 12.1 Å². The SMILES string of the molecule is C#CCC(O)c1ccc(C(F)(F)F)cc1. The molecule has 80 valence electrons. The molecular weight excluding hydrogens is 205 g/mol. The van der Waals surface area contributed by atoms with Gasteiger partial charge in [-0.2, -0.15) is 13.2 Å². The smallest absolute Gasteiger partial charge is 0.387 e. The quantitative estimate of drug-likeness (QED) is 0.750. The molecule has 0 saturated heterocycles. The number of benzene rings is 1. The molecule has 0 aliphatic rings. The molecule has 0 aromatic heterocycles. The summed E-state index contributed by atoms with van der Waals surface area (Å²) in [4.78, 5) is 0. The Balaban J connectivity index is 2.87. The zero-order chi connectivity index (χ0) is 11.5. The molecule has 4 heteroatoms. The minimum absolute atomic E-state index is 0.0887. The summed E-state index contributed by atoms with van der Waals surface area (Å²) in [7, 11) is 0. The van der Waals surface area contributed by atoms with Crippen LogP contribution in [0.15, 0.2) is 24.3 Å². The lowest BCUT2D eigenvalue weighted by molar-refractivity contribution is -0.137. The first-order chi connectivity index (χ1) is 6.95. The molecule has 15 heavy (non-hydrogen) atoms. The molecule has 1 aromatic rings. The first-order valence-electron chi connectivity index (χ1n) is 4.24. The summed E-state index contributed by atoms with van der Waals surface area (Å²) in [6.45, 7) is 0. The van der Waals surface area contributed by atoms with Gasteiger partial charge in [0, 0.05) is 6.42 Å². The third-order valence-electron chi connectivity index (χ3n) is 1.93. The van der Waals surface area contributed by atoms with Crippen molar-refractivity contribution >= 4 is 0 Å². The van der Waals surface area contributed by atoms with Crippen molar-refractivity contribution in [1.82, 2.24) is 0 Å². The van der Waals surface area contributed by atoms with E-state index in [1.807, 2.05) is 0 Å². The molecule has 1 N–H and O–H groups in total. The molecule has 0 radical (unpaired) electrons. The Labute approximate surface area is 85.5 Å². The van der Waals surface area contributed by atoms with Gasteiger partial charge in [-0.15, -0.1) is 12.3 Å². The number of aliphatic hydroxyl groups excluding tert-OH is 1. The van der Waals surface area contributed by atoms with E-state index >= 15 is 0 Å². The molecule has 0 bridgehead atoms. The average Bonchev–Trinajstić information content (AvgIpc) is 2.17. The zero-order valence-electron chi connectivity index (χ0n) is 7.75. The largest absolute Gasteiger partial charge is 0.416 e. The number of halogens is 3. The summed E-state index contributed by atoms with van der Waals surface area (Å²) in [5.74, 6) is 2.24. The van der Waals surface area contributed by atoms with Crippen LogP contribution in [0.25, 0.3) is 0 Å². The maximum absolute atomic E-state index is 12.2. The minimum atomic E-state index is -4.35. The minimum Gasteiger partial charge on any atom is -0.387 e. The standard InChI is InChI=1S/C11H9F3O/c1-2-3-10(15)8-4-6-9(7-5-8)11(12,13)14/h1,4-7,10,15H,3H2. The van der Waals surface area contributed by atoms with E-state index in [2.05, 4.69) is 5.92 Å². The molecule has 0 fully saturated rings. The van der Waals surface area contributed by atoms with Gasteiger partial charge in [-0.05, 0) is 17.7 Å². The molecule has 1 aromatic carbocycles. The first-order valence-corrected chi connectivity index (χ1v) is 4.24. The van der Waals surface area contributed by atoms with E-state index in [4.69, 9.17) is 6.42 Å². The van der Waals surface area contributed by atoms with Crippen LogP contribution in [-0.2, 0) is 6.18 Å². The number of hydrogen-bond donors (Lipinski definition) is 1. The van der Waals surface area contributed by atoms with Crippen molar-refractivity contribution < 1.29 is 18.3 Å². The molecule has 1 unspecified atom stereocenters. The predicted molar refractivity (Wildman–Crippen MR) is 49.9 cm³/mol. The van der Waals surface area contributed by atoms with Gasteiger partial charge in [0.05, 0.1) is 11.7 Å². The molecule has 1 rings (SSSR count). The number of rotatable bonds is 2. The Hall–Kier alpha value is -1.47. The van der Waals surface area contributed by atoms with Gasteiger partial charge >= 0.3 is 6.18 Å². The number of terminal acetylenes is 1. The van der Waals surface area contributed by atoms with Crippen LogP contribution in [0.4, 0.5) is 13.2 Å². The summed E-state index contributed by atoms with van der Waals surface area (Å²) in [6.07, 6.45) is -0.192. The van der Waals surface area contributed by atoms with Gasteiger partial charge in [0.1, 0.15) is 0 Å². The molecule has 0 saturated carbocycles. The van der Waals surface area contributed by atoms with E-state index < -0.39 is 17.8 Å². The second-order valence-electron chi connectivity index (χ2n) is 3.04. The van der Waals surface area contributed by atoms with E-state index in [9.17, 15) is 18.3 Å². The van der Waals surface area contributed by atoms with Gasteiger partial charge in [-0.3, -0.25) is 0 Å². The maximum Gasteiger partial charge on any atom is 0.416 e. The van der Waals surface area contributed by atoms with E-state index in [-0.39, 0.29) is 6.42 Å². The summed E-state index contributed by atoms with van der Waals surface area (Å²) in [5, 5.41) is 9.39. The number of aliphatic hydroxyl groups is 1. The molecule has 0 aliphatic heterocycles. The highest BCUT2D eigenvalue weighted by Crippen LogP contribution is 2.30.